The zero-order valence-corrected chi connectivity index (χ0v) is 19.4. The number of rotatable bonds is 8. The Bertz CT molecular complexity index is 1300. The Balaban J connectivity index is 1.39. The van der Waals surface area contributed by atoms with Crippen LogP contribution in [0.2, 0.25) is 0 Å². The summed E-state index contributed by atoms with van der Waals surface area (Å²) in [6, 6.07) is 7.11. The molecule has 9 nitrogen and oxygen atoms in total. The molecule has 0 saturated heterocycles. The van der Waals surface area contributed by atoms with E-state index in [1.165, 1.54) is 28.8 Å². The second kappa shape index (κ2) is 9.11. The fourth-order valence-corrected chi connectivity index (χ4v) is 4.31. The number of phenols is 1. The highest BCUT2D eigenvalue weighted by Crippen LogP contribution is 2.38. The lowest BCUT2D eigenvalue weighted by Crippen LogP contribution is -2.42. The van der Waals surface area contributed by atoms with Crippen molar-refractivity contribution in [2.75, 3.05) is 18.5 Å². The lowest BCUT2D eigenvalue weighted by atomic mass is 9.97. The number of nitrogens with zero attached hydrogens (tertiary/aromatic N) is 2. The van der Waals surface area contributed by atoms with Gasteiger partial charge in [0.15, 0.2) is 6.61 Å². The number of aliphatic hydroxyl groups excluding tert-OH is 1. The SMILES string of the molecule is Cn1c(=O)n(CCCC(C)(C)NC[C@H](O)c2cc(O)cc3c2OCC(=O)N3)c2cc(F)ccc21. The summed E-state index contributed by atoms with van der Waals surface area (Å²) < 4.78 is 22.3. The van der Waals surface area contributed by atoms with Crippen LogP contribution in [0.15, 0.2) is 35.1 Å². The maximum Gasteiger partial charge on any atom is 0.328 e. The minimum Gasteiger partial charge on any atom is -0.508 e. The summed E-state index contributed by atoms with van der Waals surface area (Å²) in [6.45, 7) is 4.42. The molecule has 0 radical (unpaired) electrons. The van der Waals surface area contributed by atoms with Crippen LogP contribution in [0.5, 0.6) is 11.5 Å². The molecular formula is C24H29FN4O5. The molecule has 0 fully saturated rings. The van der Waals surface area contributed by atoms with Gasteiger partial charge in [0.1, 0.15) is 17.3 Å². The van der Waals surface area contributed by atoms with Crippen molar-refractivity contribution in [1.82, 2.24) is 14.5 Å². The zero-order chi connectivity index (χ0) is 24.6. The average Bonchev–Trinajstić information content (AvgIpc) is 3.00. The number of hydrogen-bond acceptors (Lipinski definition) is 6. The van der Waals surface area contributed by atoms with E-state index >= 15 is 0 Å². The topological polar surface area (TPSA) is 118 Å². The highest BCUT2D eigenvalue weighted by molar-refractivity contribution is 5.96. The van der Waals surface area contributed by atoms with Crippen LogP contribution in [0.1, 0.15) is 38.4 Å². The monoisotopic (exact) mass is 472 g/mol. The number of phenolic OH excluding ortho intramolecular Hbond substituents is 1. The van der Waals surface area contributed by atoms with E-state index < -0.39 is 6.10 Å². The van der Waals surface area contributed by atoms with Gasteiger partial charge in [-0.05, 0) is 51.0 Å². The molecule has 0 aliphatic carbocycles. The van der Waals surface area contributed by atoms with Gasteiger partial charge in [-0.3, -0.25) is 13.9 Å². The first-order chi connectivity index (χ1) is 16.1. The summed E-state index contributed by atoms with van der Waals surface area (Å²) in [5, 5.41) is 26.7. The fraction of sp³-hybridized carbons (Fsp3) is 0.417. The van der Waals surface area contributed by atoms with Gasteiger partial charge in [-0.15, -0.1) is 0 Å². The number of imidazole rings is 1. The van der Waals surface area contributed by atoms with E-state index in [9.17, 15) is 24.2 Å². The number of aryl methyl sites for hydroxylation is 2. The third-order valence-corrected chi connectivity index (χ3v) is 6.15. The number of aliphatic hydroxyl groups is 1. The van der Waals surface area contributed by atoms with Gasteiger partial charge in [0.2, 0.25) is 0 Å². The second-order valence-electron chi connectivity index (χ2n) is 9.26. The number of halogens is 1. The predicted octanol–water partition coefficient (Wildman–Crippen LogP) is 2.40. The van der Waals surface area contributed by atoms with E-state index in [1.54, 1.807) is 17.7 Å². The summed E-state index contributed by atoms with van der Waals surface area (Å²) in [5.74, 6) is -0.465. The summed E-state index contributed by atoms with van der Waals surface area (Å²) in [7, 11) is 1.67. The van der Waals surface area contributed by atoms with Crippen molar-refractivity contribution in [3.8, 4) is 11.5 Å². The molecule has 182 valence electrons. The van der Waals surface area contributed by atoms with Crippen molar-refractivity contribution in [2.24, 2.45) is 7.05 Å². The number of ether oxygens (including phenoxy) is 1. The molecule has 0 saturated carbocycles. The molecule has 2 heterocycles. The standard InChI is InChI=1S/C24H29FN4O5/c1-24(2,7-4-8-29-19-9-14(25)5-6-18(19)28(3)23(29)33)26-12-20(31)16-10-15(30)11-17-22(16)34-13-21(32)27-17/h5-6,9-11,20,26,30-31H,4,7-8,12-13H2,1-3H3,(H,27,32)/t20-/m0/s1. The van der Waals surface area contributed by atoms with Gasteiger partial charge >= 0.3 is 5.69 Å². The maximum atomic E-state index is 13.7. The highest BCUT2D eigenvalue weighted by atomic mass is 19.1. The molecule has 1 aliphatic heterocycles. The van der Waals surface area contributed by atoms with Crippen LogP contribution in [0.3, 0.4) is 0 Å². The molecule has 34 heavy (non-hydrogen) atoms. The molecule has 1 amide bonds. The van der Waals surface area contributed by atoms with Gasteiger partial charge in [-0.1, -0.05) is 0 Å². The Morgan fingerprint density at radius 2 is 2.00 bits per heavy atom. The Kier molecular flexibility index (Phi) is 6.37. The Morgan fingerprint density at radius 3 is 2.76 bits per heavy atom. The van der Waals surface area contributed by atoms with Gasteiger partial charge < -0.3 is 25.6 Å². The number of hydrogen-bond donors (Lipinski definition) is 4. The van der Waals surface area contributed by atoms with Gasteiger partial charge in [-0.25, -0.2) is 9.18 Å². The number of carbonyl (C=O) groups excluding carboxylic acids is 1. The molecule has 0 spiro atoms. The van der Waals surface area contributed by atoms with Crippen molar-refractivity contribution in [2.45, 2.75) is 44.9 Å². The summed E-state index contributed by atoms with van der Waals surface area (Å²) >= 11 is 0. The van der Waals surface area contributed by atoms with Crippen molar-refractivity contribution < 1.29 is 24.1 Å². The van der Waals surface area contributed by atoms with E-state index in [-0.39, 0.29) is 41.9 Å². The first-order valence-electron chi connectivity index (χ1n) is 11.1. The van der Waals surface area contributed by atoms with E-state index in [4.69, 9.17) is 4.74 Å². The number of β-amino-alcohol motifs (C(OH)–C–C–N with tert-alkyl or cyclic N) is 1. The number of fused-ring (bicyclic) bond motifs is 2. The Labute approximate surface area is 195 Å². The van der Waals surface area contributed by atoms with Crippen molar-refractivity contribution in [1.29, 1.82) is 0 Å². The summed E-state index contributed by atoms with van der Waals surface area (Å²) in [6.07, 6.45) is 0.351. The Hall–Kier alpha value is -3.37. The highest BCUT2D eigenvalue weighted by Gasteiger charge is 2.26. The number of amides is 1. The third-order valence-electron chi connectivity index (χ3n) is 6.15. The van der Waals surface area contributed by atoms with Gasteiger partial charge in [0, 0.05) is 37.3 Å². The van der Waals surface area contributed by atoms with E-state index in [1.807, 2.05) is 13.8 Å². The number of aromatic hydroxyl groups is 1. The molecule has 0 bridgehead atoms. The second-order valence-corrected chi connectivity index (χ2v) is 9.26. The number of nitrogens with one attached hydrogen (secondary N) is 2. The molecule has 4 rings (SSSR count). The van der Waals surface area contributed by atoms with Gasteiger partial charge in [0.25, 0.3) is 5.91 Å². The lowest BCUT2D eigenvalue weighted by Gasteiger charge is -2.29. The molecule has 3 aromatic rings. The van der Waals surface area contributed by atoms with E-state index in [0.29, 0.717) is 47.4 Å². The molecular weight excluding hydrogens is 443 g/mol. The molecule has 1 aliphatic rings. The lowest BCUT2D eigenvalue weighted by molar-refractivity contribution is -0.118. The van der Waals surface area contributed by atoms with Crippen molar-refractivity contribution in [3.63, 3.8) is 0 Å². The zero-order valence-electron chi connectivity index (χ0n) is 19.4. The summed E-state index contributed by atoms with van der Waals surface area (Å²) in [4.78, 5) is 24.1. The van der Waals surface area contributed by atoms with Gasteiger partial charge in [0.05, 0.1) is 22.8 Å². The van der Waals surface area contributed by atoms with E-state index in [2.05, 4.69) is 10.6 Å². The maximum absolute atomic E-state index is 13.7. The average molecular weight is 473 g/mol. The van der Waals surface area contributed by atoms with Crippen LogP contribution in [0, 0.1) is 5.82 Å². The fourth-order valence-electron chi connectivity index (χ4n) is 4.31. The Morgan fingerprint density at radius 1 is 1.24 bits per heavy atom. The minimum absolute atomic E-state index is 0.0881. The minimum atomic E-state index is -0.987. The molecule has 4 N–H and O–H groups in total. The molecule has 2 aromatic carbocycles. The quantitative estimate of drug-likeness (QED) is 0.400. The molecule has 1 atom stereocenters. The van der Waals surface area contributed by atoms with Crippen LogP contribution >= 0.6 is 0 Å². The van der Waals surface area contributed by atoms with Gasteiger partial charge in [-0.2, -0.15) is 0 Å². The number of anilines is 1. The van der Waals surface area contributed by atoms with Crippen LogP contribution in [-0.2, 0) is 18.4 Å². The van der Waals surface area contributed by atoms with E-state index in [0.717, 1.165) is 0 Å². The molecule has 0 unspecified atom stereocenters. The largest absolute Gasteiger partial charge is 0.508 e. The van der Waals surface area contributed by atoms with Crippen molar-refractivity contribution in [3.05, 3.63) is 52.2 Å². The smallest absolute Gasteiger partial charge is 0.328 e. The summed E-state index contributed by atoms with van der Waals surface area (Å²) in [5.41, 5.74) is 1.37. The van der Waals surface area contributed by atoms with Crippen LogP contribution in [0.4, 0.5) is 10.1 Å². The van der Waals surface area contributed by atoms with Crippen LogP contribution in [-0.4, -0.2) is 43.9 Å². The predicted molar refractivity (Wildman–Crippen MR) is 126 cm³/mol. The third kappa shape index (κ3) is 4.78. The molecule has 1 aromatic heterocycles. The number of aromatic nitrogens is 2. The first kappa shape index (κ1) is 23.8. The first-order valence-corrected chi connectivity index (χ1v) is 11.1. The van der Waals surface area contributed by atoms with Crippen molar-refractivity contribution >= 4 is 22.6 Å². The van der Waals surface area contributed by atoms with Crippen LogP contribution in [0.25, 0.3) is 11.0 Å². The normalized spacial score (nSPS) is 14.6. The molecule has 10 heteroatoms. The van der Waals surface area contributed by atoms with Crippen LogP contribution < -0.4 is 21.1 Å². The number of benzene rings is 2. The number of carbonyl (C=O) groups is 1.